The monoisotopic (exact) mass is 351 g/mol. The van der Waals surface area contributed by atoms with Gasteiger partial charge >= 0.3 is 6.03 Å². The molecule has 134 valence electrons. The van der Waals surface area contributed by atoms with E-state index in [-0.39, 0.29) is 12.1 Å². The van der Waals surface area contributed by atoms with E-state index in [1.54, 1.807) is 24.8 Å². The zero-order valence-corrected chi connectivity index (χ0v) is 14.8. The first-order chi connectivity index (χ1) is 12.6. The highest BCUT2D eigenvalue weighted by Crippen LogP contribution is 2.27. The van der Waals surface area contributed by atoms with Gasteiger partial charge in [-0.05, 0) is 31.5 Å². The number of piperazine rings is 1. The maximum atomic E-state index is 12.6. The minimum absolute atomic E-state index is 0.0599. The topological polar surface area (TPSA) is 90.0 Å². The van der Waals surface area contributed by atoms with Crippen molar-refractivity contribution in [3.05, 3.63) is 42.6 Å². The lowest BCUT2D eigenvalue weighted by Gasteiger charge is -2.40. The second kappa shape index (κ2) is 6.62. The number of aromatic amines is 1. The number of H-pyrrole nitrogens is 1. The number of nitrogens with one attached hydrogen (secondary N) is 2. The molecular formula is C18H21N7O. The molecule has 4 heterocycles. The fraction of sp³-hybridized carbons (Fsp3) is 0.333. The Balaban J connectivity index is 1.49. The Labute approximate surface area is 151 Å². The van der Waals surface area contributed by atoms with Crippen LogP contribution in [0.25, 0.3) is 11.0 Å². The molecular weight excluding hydrogens is 330 g/mol. The van der Waals surface area contributed by atoms with Crippen molar-refractivity contribution >= 4 is 28.6 Å². The lowest BCUT2D eigenvalue weighted by atomic mass is 10.1. The van der Waals surface area contributed by atoms with Crippen LogP contribution < -0.4 is 10.2 Å². The van der Waals surface area contributed by atoms with Gasteiger partial charge in [0.15, 0.2) is 0 Å². The minimum atomic E-state index is -0.101. The predicted molar refractivity (Wildman–Crippen MR) is 100 cm³/mol. The van der Waals surface area contributed by atoms with Crippen LogP contribution in [0, 0.1) is 6.92 Å². The number of aryl methyl sites for hydroxylation is 1. The van der Waals surface area contributed by atoms with E-state index >= 15 is 0 Å². The van der Waals surface area contributed by atoms with Crippen LogP contribution >= 0.6 is 0 Å². The standard InChI is InChI=1S/C18H21N7O/c1-12-8-20-16-15(12)17(22-11-21-16)24-6-7-25(13(2)10-24)18(26)23-14-4-3-5-19-9-14/h3-5,8-9,11,13H,6-7,10H2,1-2H3,(H,23,26)(H,20,21,22)/t13-/m0/s1. The van der Waals surface area contributed by atoms with Crippen LogP contribution in [0.4, 0.5) is 16.3 Å². The van der Waals surface area contributed by atoms with Crippen molar-refractivity contribution in [2.45, 2.75) is 19.9 Å². The number of carbonyl (C=O) groups excluding carboxylic acids is 1. The predicted octanol–water partition coefficient (Wildman–Crippen LogP) is 2.40. The van der Waals surface area contributed by atoms with Gasteiger partial charge in [0.2, 0.25) is 0 Å². The van der Waals surface area contributed by atoms with E-state index in [0.29, 0.717) is 12.2 Å². The number of aromatic nitrogens is 4. The summed E-state index contributed by atoms with van der Waals surface area (Å²) in [4.78, 5) is 32.7. The van der Waals surface area contributed by atoms with Gasteiger partial charge in [-0.3, -0.25) is 4.98 Å². The van der Waals surface area contributed by atoms with Crippen LogP contribution in [0.5, 0.6) is 0 Å². The molecule has 1 aliphatic rings. The van der Waals surface area contributed by atoms with E-state index < -0.39 is 0 Å². The zero-order chi connectivity index (χ0) is 18.1. The Morgan fingerprint density at radius 2 is 2.23 bits per heavy atom. The first-order valence-corrected chi connectivity index (χ1v) is 8.65. The summed E-state index contributed by atoms with van der Waals surface area (Å²) in [6, 6.07) is 3.59. The highest BCUT2D eigenvalue weighted by atomic mass is 16.2. The quantitative estimate of drug-likeness (QED) is 0.740. The number of carbonyl (C=O) groups is 1. The van der Waals surface area contributed by atoms with Gasteiger partial charge in [0.1, 0.15) is 17.8 Å². The molecule has 0 aliphatic carbocycles. The Morgan fingerprint density at radius 1 is 1.35 bits per heavy atom. The lowest BCUT2D eigenvalue weighted by molar-refractivity contribution is 0.184. The SMILES string of the molecule is Cc1c[nH]c2ncnc(N3CCN(C(=O)Nc4cccnc4)[C@@H](C)C3)c12. The molecule has 1 saturated heterocycles. The number of hydrogen-bond donors (Lipinski definition) is 2. The number of pyridine rings is 1. The maximum Gasteiger partial charge on any atom is 0.322 e. The number of fused-ring (bicyclic) bond motifs is 1. The summed E-state index contributed by atoms with van der Waals surface area (Å²) in [5, 5.41) is 3.96. The van der Waals surface area contributed by atoms with E-state index in [1.165, 1.54) is 0 Å². The van der Waals surface area contributed by atoms with Crippen LogP contribution in [0.15, 0.2) is 37.1 Å². The summed E-state index contributed by atoms with van der Waals surface area (Å²) in [5.41, 5.74) is 2.67. The first kappa shape index (κ1) is 16.3. The summed E-state index contributed by atoms with van der Waals surface area (Å²) < 4.78 is 0. The molecule has 0 bridgehead atoms. The fourth-order valence-corrected chi connectivity index (χ4v) is 3.42. The fourth-order valence-electron chi connectivity index (χ4n) is 3.42. The number of rotatable bonds is 2. The Kier molecular flexibility index (Phi) is 4.16. The lowest BCUT2D eigenvalue weighted by Crippen LogP contribution is -2.55. The van der Waals surface area contributed by atoms with Crippen LogP contribution in [-0.4, -0.2) is 56.5 Å². The van der Waals surface area contributed by atoms with Crippen LogP contribution in [0.2, 0.25) is 0 Å². The molecule has 0 aromatic carbocycles. The van der Waals surface area contributed by atoms with E-state index in [9.17, 15) is 4.79 Å². The van der Waals surface area contributed by atoms with Gasteiger partial charge in [-0.15, -0.1) is 0 Å². The van der Waals surface area contributed by atoms with Gasteiger partial charge in [-0.2, -0.15) is 0 Å². The molecule has 4 rings (SSSR count). The molecule has 3 aromatic heterocycles. The van der Waals surface area contributed by atoms with Gasteiger partial charge < -0.3 is 20.1 Å². The van der Waals surface area contributed by atoms with Crippen molar-refractivity contribution < 1.29 is 4.79 Å². The summed E-state index contributed by atoms with van der Waals surface area (Å²) in [7, 11) is 0. The summed E-state index contributed by atoms with van der Waals surface area (Å²) in [6.07, 6.45) is 6.86. The second-order valence-electron chi connectivity index (χ2n) is 6.55. The Hall–Kier alpha value is -3.16. The molecule has 1 aliphatic heterocycles. The van der Waals surface area contributed by atoms with Crippen LogP contribution in [-0.2, 0) is 0 Å². The third-order valence-corrected chi connectivity index (χ3v) is 4.75. The summed E-state index contributed by atoms with van der Waals surface area (Å²) >= 11 is 0. The molecule has 1 atom stereocenters. The van der Waals surface area contributed by atoms with Gasteiger partial charge in [-0.25, -0.2) is 14.8 Å². The molecule has 8 nitrogen and oxygen atoms in total. The Bertz CT molecular complexity index is 924. The zero-order valence-electron chi connectivity index (χ0n) is 14.8. The van der Waals surface area contributed by atoms with Gasteiger partial charge in [0.05, 0.1) is 17.3 Å². The molecule has 26 heavy (non-hydrogen) atoms. The summed E-state index contributed by atoms with van der Waals surface area (Å²) in [6.45, 7) is 6.17. The van der Waals surface area contributed by atoms with Crippen molar-refractivity contribution in [1.29, 1.82) is 0 Å². The maximum absolute atomic E-state index is 12.6. The van der Waals surface area contributed by atoms with Crippen molar-refractivity contribution in [2.24, 2.45) is 0 Å². The van der Waals surface area contributed by atoms with E-state index in [2.05, 4.69) is 37.1 Å². The van der Waals surface area contributed by atoms with E-state index in [1.807, 2.05) is 24.1 Å². The van der Waals surface area contributed by atoms with Gasteiger partial charge in [-0.1, -0.05) is 0 Å². The molecule has 3 aromatic rings. The van der Waals surface area contributed by atoms with Crippen molar-refractivity contribution in [1.82, 2.24) is 24.8 Å². The molecule has 2 amide bonds. The molecule has 0 radical (unpaired) electrons. The average molecular weight is 351 g/mol. The van der Waals surface area contributed by atoms with Crippen molar-refractivity contribution in [3.63, 3.8) is 0 Å². The van der Waals surface area contributed by atoms with Crippen molar-refractivity contribution in [2.75, 3.05) is 29.9 Å². The minimum Gasteiger partial charge on any atom is -0.352 e. The first-order valence-electron chi connectivity index (χ1n) is 8.65. The number of urea groups is 1. The van der Waals surface area contributed by atoms with E-state index in [4.69, 9.17) is 0 Å². The largest absolute Gasteiger partial charge is 0.352 e. The number of hydrogen-bond acceptors (Lipinski definition) is 5. The highest BCUT2D eigenvalue weighted by molar-refractivity contribution is 5.91. The molecule has 0 saturated carbocycles. The molecule has 0 unspecified atom stereocenters. The van der Waals surface area contributed by atoms with Gasteiger partial charge in [0.25, 0.3) is 0 Å². The third kappa shape index (κ3) is 2.94. The van der Waals surface area contributed by atoms with Crippen LogP contribution in [0.3, 0.4) is 0 Å². The molecule has 2 N–H and O–H groups in total. The second-order valence-corrected chi connectivity index (χ2v) is 6.55. The number of amides is 2. The highest BCUT2D eigenvalue weighted by Gasteiger charge is 2.29. The molecule has 0 spiro atoms. The van der Waals surface area contributed by atoms with Crippen molar-refractivity contribution in [3.8, 4) is 0 Å². The normalized spacial score (nSPS) is 17.5. The third-order valence-electron chi connectivity index (χ3n) is 4.75. The van der Waals surface area contributed by atoms with Crippen LogP contribution in [0.1, 0.15) is 12.5 Å². The number of anilines is 2. The summed E-state index contributed by atoms with van der Waals surface area (Å²) in [5.74, 6) is 0.924. The smallest absolute Gasteiger partial charge is 0.322 e. The molecule has 8 heteroatoms. The molecule has 1 fully saturated rings. The van der Waals surface area contributed by atoms with Gasteiger partial charge in [0, 0.05) is 38.1 Å². The Morgan fingerprint density at radius 3 is 3.00 bits per heavy atom. The average Bonchev–Trinajstić information content (AvgIpc) is 3.04. The number of nitrogens with zero attached hydrogens (tertiary/aromatic N) is 5. The van der Waals surface area contributed by atoms with E-state index in [0.717, 1.165) is 35.5 Å².